The molecule has 0 aliphatic carbocycles. The summed E-state index contributed by atoms with van der Waals surface area (Å²) in [5.74, 6) is -0.652. The molecule has 1 unspecified atom stereocenters. The molecule has 0 saturated carbocycles. The third-order valence-electron chi connectivity index (χ3n) is 3.83. The largest absolute Gasteiger partial charge is 0.480 e. The van der Waals surface area contributed by atoms with Gasteiger partial charge in [-0.1, -0.05) is 6.07 Å². The Hall–Kier alpha value is -2.08. The maximum atomic E-state index is 12.5. The smallest absolute Gasteiger partial charge is 0.323 e. The SMILES string of the molecule is COCCN(CC(=O)O)C(=O)C1Cc2cc(C)c(C)cc2O1. The van der Waals surface area contributed by atoms with Gasteiger partial charge in [0.1, 0.15) is 12.3 Å². The van der Waals surface area contributed by atoms with Crippen molar-refractivity contribution in [1.82, 2.24) is 4.90 Å². The van der Waals surface area contributed by atoms with Gasteiger partial charge in [0, 0.05) is 20.1 Å². The van der Waals surface area contributed by atoms with Crippen molar-refractivity contribution in [3.63, 3.8) is 0 Å². The number of aliphatic carboxylic acids is 1. The minimum atomic E-state index is -1.05. The predicted molar refractivity (Wildman–Crippen MR) is 80.1 cm³/mol. The second-order valence-corrected chi connectivity index (χ2v) is 5.50. The Morgan fingerprint density at radius 3 is 2.68 bits per heavy atom. The number of methoxy groups -OCH3 is 1. The molecule has 1 atom stereocenters. The minimum absolute atomic E-state index is 0.232. The van der Waals surface area contributed by atoms with Crippen molar-refractivity contribution in [2.24, 2.45) is 0 Å². The van der Waals surface area contributed by atoms with Gasteiger partial charge in [-0.15, -0.1) is 0 Å². The molecule has 1 heterocycles. The van der Waals surface area contributed by atoms with E-state index >= 15 is 0 Å². The Kier molecular flexibility index (Phi) is 5.03. The van der Waals surface area contributed by atoms with Gasteiger partial charge < -0.3 is 19.5 Å². The van der Waals surface area contributed by atoms with Crippen molar-refractivity contribution < 1.29 is 24.2 Å². The van der Waals surface area contributed by atoms with Crippen LogP contribution in [0.25, 0.3) is 0 Å². The highest BCUT2D eigenvalue weighted by Crippen LogP contribution is 2.32. The van der Waals surface area contributed by atoms with Crippen LogP contribution in [0.2, 0.25) is 0 Å². The number of nitrogens with zero attached hydrogens (tertiary/aromatic N) is 1. The van der Waals surface area contributed by atoms with Crippen LogP contribution in [0.4, 0.5) is 0 Å². The zero-order valence-corrected chi connectivity index (χ0v) is 13.1. The van der Waals surface area contributed by atoms with Gasteiger partial charge in [-0.05, 0) is 36.6 Å². The number of carbonyl (C=O) groups excluding carboxylic acids is 1. The van der Waals surface area contributed by atoms with Crippen molar-refractivity contribution in [3.05, 3.63) is 28.8 Å². The average Bonchev–Trinajstić information content (AvgIpc) is 2.85. The lowest BCUT2D eigenvalue weighted by Gasteiger charge is -2.23. The van der Waals surface area contributed by atoms with E-state index in [0.29, 0.717) is 12.2 Å². The van der Waals surface area contributed by atoms with E-state index in [0.717, 1.165) is 16.7 Å². The van der Waals surface area contributed by atoms with Crippen molar-refractivity contribution in [3.8, 4) is 5.75 Å². The lowest BCUT2D eigenvalue weighted by molar-refractivity contribution is -0.148. The second kappa shape index (κ2) is 6.79. The normalized spacial score (nSPS) is 16.0. The van der Waals surface area contributed by atoms with Crippen molar-refractivity contribution in [2.45, 2.75) is 26.4 Å². The number of amides is 1. The first-order valence-electron chi connectivity index (χ1n) is 7.18. The van der Waals surface area contributed by atoms with Crippen molar-refractivity contribution >= 4 is 11.9 Å². The Morgan fingerprint density at radius 1 is 1.36 bits per heavy atom. The topological polar surface area (TPSA) is 76.1 Å². The van der Waals surface area contributed by atoms with Gasteiger partial charge in [0.15, 0.2) is 6.10 Å². The second-order valence-electron chi connectivity index (χ2n) is 5.50. The molecule has 6 nitrogen and oxygen atoms in total. The molecule has 0 saturated heterocycles. The molecule has 1 aliphatic rings. The summed E-state index contributed by atoms with van der Waals surface area (Å²) >= 11 is 0. The fraction of sp³-hybridized carbons (Fsp3) is 0.500. The van der Waals surface area contributed by atoms with Crippen LogP contribution in [-0.4, -0.2) is 54.8 Å². The zero-order chi connectivity index (χ0) is 16.3. The van der Waals surface area contributed by atoms with E-state index in [4.69, 9.17) is 14.6 Å². The van der Waals surface area contributed by atoms with Crippen LogP contribution in [-0.2, 0) is 20.7 Å². The third kappa shape index (κ3) is 3.57. The molecule has 1 N–H and O–H groups in total. The summed E-state index contributed by atoms with van der Waals surface area (Å²) in [6.07, 6.45) is -0.189. The summed E-state index contributed by atoms with van der Waals surface area (Å²) in [6.45, 7) is 4.17. The lowest BCUT2D eigenvalue weighted by Crippen LogP contribution is -2.45. The fourth-order valence-corrected chi connectivity index (χ4v) is 2.49. The van der Waals surface area contributed by atoms with Gasteiger partial charge in [-0.2, -0.15) is 0 Å². The Balaban J connectivity index is 2.10. The van der Waals surface area contributed by atoms with E-state index < -0.39 is 12.1 Å². The molecular formula is C16H21NO5. The summed E-state index contributed by atoms with van der Waals surface area (Å²) < 4.78 is 10.7. The summed E-state index contributed by atoms with van der Waals surface area (Å²) in [5, 5.41) is 8.95. The van der Waals surface area contributed by atoms with Crippen molar-refractivity contribution in [1.29, 1.82) is 0 Å². The molecule has 0 spiro atoms. The third-order valence-corrected chi connectivity index (χ3v) is 3.83. The molecule has 120 valence electrons. The van der Waals surface area contributed by atoms with E-state index in [9.17, 15) is 9.59 Å². The molecule has 1 aromatic rings. The summed E-state index contributed by atoms with van der Waals surface area (Å²) in [4.78, 5) is 24.7. The molecule has 1 aromatic carbocycles. The van der Waals surface area contributed by atoms with Crippen LogP contribution >= 0.6 is 0 Å². The molecule has 6 heteroatoms. The van der Waals surface area contributed by atoms with E-state index in [-0.39, 0.29) is 25.6 Å². The van der Waals surface area contributed by atoms with E-state index in [1.54, 1.807) is 0 Å². The first kappa shape index (κ1) is 16.3. The van der Waals surface area contributed by atoms with Crippen molar-refractivity contribution in [2.75, 3.05) is 26.8 Å². The maximum absolute atomic E-state index is 12.5. The van der Waals surface area contributed by atoms with E-state index in [2.05, 4.69) is 0 Å². The molecular weight excluding hydrogens is 286 g/mol. The number of fused-ring (bicyclic) bond motifs is 1. The highest BCUT2D eigenvalue weighted by atomic mass is 16.5. The predicted octanol–water partition coefficient (Wildman–Crippen LogP) is 1.17. The molecule has 22 heavy (non-hydrogen) atoms. The van der Waals surface area contributed by atoms with Crippen LogP contribution in [0.15, 0.2) is 12.1 Å². The van der Waals surface area contributed by atoms with E-state index in [1.165, 1.54) is 12.0 Å². The number of rotatable bonds is 6. The number of hydrogen-bond acceptors (Lipinski definition) is 4. The zero-order valence-electron chi connectivity index (χ0n) is 13.1. The highest BCUT2D eigenvalue weighted by molar-refractivity contribution is 5.86. The Labute approximate surface area is 129 Å². The first-order valence-corrected chi connectivity index (χ1v) is 7.18. The lowest BCUT2D eigenvalue weighted by atomic mass is 10.0. The molecule has 1 amide bonds. The van der Waals surface area contributed by atoms with Gasteiger partial charge in [0.05, 0.1) is 6.61 Å². The monoisotopic (exact) mass is 307 g/mol. The van der Waals surface area contributed by atoms with Crippen LogP contribution in [0, 0.1) is 13.8 Å². The van der Waals surface area contributed by atoms with Crippen LogP contribution in [0.3, 0.4) is 0 Å². The molecule has 0 aromatic heterocycles. The molecule has 0 bridgehead atoms. The number of benzene rings is 1. The fourth-order valence-electron chi connectivity index (χ4n) is 2.49. The van der Waals surface area contributed by atoms with Gasteiger partial charge in [-0.3, -0.25) is 9.59 Å². The Morgan fingerprint density at radius 2 is 2.05 bits per heavy atom. The van der Waals surface area contributed by atoms with Gasteiger partial charge in [0.2, 0.25) is 0 Å². The number of aryl methyl sites for hydroxylation is 2. The molecule has 2 rings (SSSR count). The van der Waals surface area contributed by atoms with Crippen LogP contribution in [0.1, 0.15) is 16.7 Å². The quantitative estimate of drug-likeness (QED) is 0.853. The van der Waals surface area contributed by atoms with Gasteiger partial charge in [-0.25, -0.2) is 0 Å². The number of carbonyl (C=O) groups is 2. The number of ether oxygens (including phenoxy) is 2. The molecule has 0 fully saturated rings. The standard InChI is InChI=1S/C16H21NO5/c1-10-6-12-8-14(22-13(12)7-11(10)2)16(20)17(4-5-21-3)9-15(18)19/h6-7,14H,4-5,8-9H2,1-3H3,(H,18,19). The summed E-state index contributed by atoms with van der Waals surface area (Å²) in [5.41, 5.74) is 3.24. The maximum Gasteiger partial charge on any atom is 0.323 e. The molecule has 0 radical (unpaired) electrons. The highest BCUT2D eigenvalue weighted by Gasteiger charge is 2.33. The van der Waals surface area contributed by atoms with Gasteiger partial charge in [0.25, 0.3) is 5.91 Å². The number of carboxylic acid groups (broad SMARTS) is 1. The minimum Gasteiger partial charge on any atom is -0.480 e. The van der Waals surface area contributed by atoms with E-state index in [1.807, 2.05) is 26.0 Å². The Bertz CT molecular complexity index is 553. The summed E-state index contributed by atoms with van der Waals surface area (Å²) in [7, 11) is 1.51. The number of carboxylic acids is 1. The number of hydrogen-bond donors (Lipinski definition) is 1. The average molecular weight is 307 g/mol. The van der Waals surface area contributed by atoms with Crippen LogP contribution in [0.5, 0.6) is 5.75 Å². The first-order chi connectivity index (χ1) is 10.4. The molecule has 1 aliphatic heterocycles. The summed E-state index contributed by atoms with van der Waals surface area (Å²) in [6, 6.07) is 3.95. The van der Waals surface area contributed by atoms with Crippen LogP contribution < -0.4 is 4.74 Å². The van der Waals surface area contributed by atoms with Gasteiger partial charge >= 0.3 is 5.97 Å².